The number of halogens is 3. The van der Waals surface area contributed by atoms with E-state index in [2.05, 4.69) is 15.7 Å². The van der Waals surface area contributed by atoms with Crippen molar-refractivity contribution in [2.45, 2.75) is 45.3 Å². The van der Waals surface area contributed by atoms with E-state index in [1.807, 2.05) is 20.9 Å². The monoisotopic (exact) mass is 596 g/mol. The summed E-state index contributed by atoms with van der Waals surface area (Å²) in [6, 6.07) is 12.3. The molecule has 0 saturated carbocycles. The maximum absolute atomic E-state index is 13.8. The molecule has 2 N–H and O–H groups in total. The lowest BCUT2D eigenvalue weighted by Crippen LogP contribution is -2.45. The second-order valence-electron chi connectivity index (χ2n) is 9.94. The Morgan fingerprint density at radius 2 is 1.81 bits per heavy atom. The second-order valence-corrected chi connectivity index (χ2v) is 11.1. The Balaban J connectivity index is 1.63. The predicted molar refractivity (Wildman–Crippen MR) is 156 cm³/mol. The van der Waals surface area contributed by atoms with Gasteiger partial charge >= 0.3 is 6.18 Å². The number of carbonyl (C=O) groups is 3. The number of alkyl halides is 3. The van der Waals surface area contributed by atoms with Crippen molar-refractivity contribution in [3.05, 3.63) is 98.4 Å². The van der Waals surface area contributed by atoms with Crippen LogP contribution in [0.4, 0.5) is 13.2 Å². The van der Waals surface area contributed by atoms with Gasteiger partial charge in [0.05, 0.1) is 28.4 Å². The van der Waals surface area contributed by atoms with E-state index in [1.165, 1.54) is 41.7 Å². The molecule has 1 atom stereocenters. The summed E-state index contributed by atoms with van der Waals surface area (Å²) < 4.78 is 43.1. The molecule has 0 radical (unpaired) electrons. The Hall–Kier alpha value is -4.25. The largest absolute Gasteiger partial charge is 0.416 e. The van der Waals surface area contributed by atoms with Crippen molar-refractivity contribution >= 4 is 29.4 Å². The standard InChI is InChI=1S/C31H31F3N4O3S/c1-4-9-26-24(28-19(2)16-36-38(28)3)15-27(42-26)30(41)37-22(14-20-10-6-8-13-25(20)31(32,33)34)17-35-29(40)23-12-7-5-11-21(23)18-39/h5-8,10-13,15-16,18,22H,4,9,14,17H2,1-3H3,(H,35,40)(H,37,41)/t22-/m0/s1. The van der Waals surface area contributed by atoms with E-state index in [0.717, 1.165) is 40.6 Å². The molecule has 0 bridgehead atoms. The van der Waals surface area contributed by atoms with E-state index in [4.69, 9.17) is 0 Å². The van der Waals surface area contributed by atoms with Crippen LogP contribution >= 0.6 is 11.3 Å². The van der Waals surface area contributed by atoms with E-state index in [-0.39, 0.29) is 29.7 Å². The van der Waals surface area contributed by atoms with E-state index >= 15 is 0 Å². The van der Waals surface area contributed by atoms with Gasteiger partial charge in [-0.2, -0.15) is 18.3 Å². The molecule has 4 rings (SSSR count). The average molecular weight is 597 g/mol. The minimum absolute atomic E-state index is 0.0121. The molecule has 2 aromatic heterocycles. The van der Waals surface area contributed by atoms with Crippen LogP contribution in [-0.2, 0) is 26.1 Å². The van der Waals surface area contributed by atoms with Crippen molar-refractivity contribution in [2.75, 3.05) is 6.54 Å². The first-order chi connectivity index (χ1) is 20.0. The van der Waals surface area contributed by atoms with Crippen LogP contribution in [0, 0.1) is 6.92 Å². The van der Waals surface area contributed by atoms with Gasteiger partial charge in [0.1, 0.15) is 0 Å². The molecule has 42 heavy (non-hydrogen) atoms. The quantitative estimate of drug-likeness (QED) is 0.208. The third-order valence-corrected chi connectivity index (χ3v) is 8.05. The normalized spacial score (nSPS) is 12.1. The van der Waals surface area contributed by atoms with Crippen molar-refractivity contribution in [3.8, 4) is 11.3 Å². The second kappa shape index (κ2) is 13.2. The van der Waals surface area contributed by atoms with Gasteiger partial charge in [-0.25, -0.2) is 0 Å². The lowest BCUT2D eigenvalue weighted by atomic mass is 9.99. The van der Waals surface area contributed by atoms with Crippen LogP contribution in [0.25, 0.3) is 11.3 Å². The highest BCUT2D eigenvalue weighted by Gasteiger charge is 2.34. The van der Waals surface area contributed by atoms with E-state index in [0.29, 0.717) is 11.2 Å². The average Bonchev–Trinajstić information content (AvgIpc) is 3.52. The highest BCUT2D eigenvalue weighted by molar-refractivity contribution is 7.14. The first-order valence-corrected chi connectivity index (χ1v) is 14.2. The van der Waals surface area contributed by atoms with Crippen LogP contribution < -0.4 is 10.6 Å². The Labute approximate surface area is 245 Å². The van der Waals surface area contributed by atoms with Crippen molar-refractivity contribution in [2.24, 2.45) is 7.05 Å². The highest BCUT2D eigenvalue weighted by Crippen LogP contribution is 2.35. The number of nitrogens with zero attached hydrogens (tertiary/aromatic N) is 2. The van der Waals surface area contributed by atoms with Crippen molar-refractivity contribution in [1.29, 1.82) is 0 Å². The van der Waals surface area contributed by atoms with Gasteiger partial charge in [-0.3, -0.25) is 19.1 Å². The number of rotatable bonds is 11. The Morgan fingerprint density at radius 1 is 1.10 bits per heavy atom. The van der Waals surface area contributed by atoms with E-state index in [1.54, 1.807) is 29.1 Å². The van der Waals surface area contributed by atoms with Crippen LogP contribution in [0.2, 0.25) is 0 Å². The maximum atomic E-state index is 13.8. The highest BCUT2D eigenvalue weighted by atomic mass is 32.1. The van der Waals surface area contributed by atoms with Gasteiger partial charge < -0.3 is 10.6 Å². The minimum Gasteiger partial charge on any atom is -0.350 e. The molecular weight excluding hydrogens is 565 g/mol. The first kappa shape index (κ1) is 30.7. The fourth-order valence-electron chi connectivity index (χ4n) is 4.88. The number of aryl methyl sites for hydroxylation is 3. The summed E-state index contributed by atoms with van der Waals surface area (Å²) in [7, 11) is 1.83. The molecule has 2 heterocycles. The number of amides is 2. The van der Waals surface area contributed by atoms with Crippen molar-refractivity contribution in [3.63, 3.8) is 0 Å². The molecule has 220 valence electrons. The van der Waals surface area contributed by atoms with Crippen LogP contribution in [-0.4, -0.2) is 40.5 Å². The maximum Gasteiger partial charge on any atom is 0.416 e. The van der Waals surface area contributed by atoms with E-state index < -0.39 is 29.6 Å². The van der Waals surface area contributed by atoms with Gasteiger partial charge in [0.2, 0.25) is 0 Å². The zero-order valence-electron chi connectivity index (χ0n) is 23.4. The molecule has 0 fully saturated rings. The number of aldehydes is 1. The fraction of sp³-hybridized carbons (Fsp3) is 0.290. The fourth-order valence-corrected chi connectivity index (χ4v) is 6.04. The molecule has 0 aliphatic carbocycles. The summed E-state index contributed by atoms with van der Waals surface area (Å²) >= 11 is 1.33. The molecule has 0 aliphatic heterocycles. The number of aromatic nitrogens is 2. The lowest BCUT2D eigenvalue weighted by molar-refractivity contribution is -0.138. The minimum atomic E-state index is -4.59. The molecule has 11 heteroatoms. The summed E-state index contributed by atoms with van der Waals surface area (Å²) in [5.41, 5.74) is 2.23. The number of benzene rings is 2. The third-order valence-electron chi connectivity index (χ3n) is 6.85. The molecule has 7 nitrogen and oxygen atoms in total. The smallest absolute Gasteiger partial charge is 0.350 e. The molecule has 4 aromatic rings. The number of hydrogen-bond donors (Lipinski definition) is 2. The number of carbonyl (C=O) groups excluding carboxylic acids is 3. The van der Waals surface area contributed by atoms with Gasteiger partial charge in [0.25, 0.3) is 11.8 Å². The topological polar surface area (TPSA) is 93.1 Å². The van der Waals surface area contributed by atoms with Gasteiger partial charge in [0.15, 0.2) is 6.29 Å². The summed E-state index contributed by atoms with van der Waals surface area (Å²) in [4.78, 5) is 39.3. The molecule has 2 aromatic carbocycles. The van der Waals surface area contributed by atoms with Gasteiger partial charge in [-0.1, -0.05) is 49.7 Å². The number of nitrogens with one attached hydrogen (secondary N) is 2. The Morgan fingerprint density at radius 3 is 2.48 bits per heavy atom. The molecular formula is C31H31F3N4O3S. The first-order valence-electron chi connectivity index (χ1n) is 13.4. The van der Waals surface area contributed by atoms with Crippen molar-refractivity contribution < 1.29 is 27.6 Å². The zero-order chi connectivity index (χ0) is 30.4. The molecule has 0 unspecified atom stereocenters. The summed E-state index contributed by atoms with van der Waals surface area (Å²) in [5.74, 6) is -1.03. The zero-order valence-corrected chi connectivity index (χ0v) is 24.2. The molecule has 0 aliphatic rings. The molecule has 0 spiro atoms. The molecule has 0 saturated heterocycles. The van der Waals surface area contributed by atoms with Crippen LogP contribution in [0.1, 0.15) is 65.3 Å². The van der Waals surface area contributed by atoms with E-state index in [9.17, 15) is 27.6 Å². The SMILES string of the molecule is CCCc1sc(C(=O)N[C@H](CNC(=O)c2ccccc2C=O)Cc2ccccc2C(F)(F)F)cc1-c1c(C)cnn1C. The number of hydrogen-bond acceptors (Lipinski definition) is 5. The van der Waals surface area contributed by atoms with Crippen LogP contribution in [0.5, 0.6) is 0 Å². The van der Waals surface area contributed by atoms with Gasteiger partial charge in [-0.05, 0) is 49.1 Å². The lowest BCUT2D eigenvalue weighted by Gasteiger charge is -2.21. The summed E-state index contributed by atoms with van der Waals surface area (Å²) in [6.45, 7) is 3.82. The van der Waals surface area contributed by atoms with Crippen LogP contribution in [0.3, 0.4) is 0 Å². The molecule has 2 amide bonds. The third kappa shape index (κ3) is 6.96. The van der Waals surface area contributed by atoms with Crippen LogP contribution in [0.15, 0.2) is 60.8 Å². The Bertz CT molecular complexity index is 1570. The van der Waals surface area contributed by atoms with Gasteiger partial charge in [0, 0.05) is 35.2 Å². The predicted octanol–water partition coefficient (Wildman–Crippen LogP) is 6.01. The summed E-state index contributed by atoms with van der Waals surface area (Å²) in [5, 5.41) is 9.85. The number of thiophene rings is 1. The summed E-state index contributed by atoms with van der Waals surface area (Å²) in [6.07, 6.45) is -0.862. The van der Waals surface area contributed by atoms with Gasteiger partial charge in [-0.15, -0.1) is 11.3 Å². The van der Waals surface area contributed by atoms with Crippen molar-refractivity contribution in [1.82, 2.24) is 20.4 Å². The Kier molecular flexibility index (Phi) is 9.62.